The zero-order chi connectivity index (χ0) is 21.8. The van der Waals surface area contributed by atoms with E-state index in [4.69, 9.17) is 5.73 Å². The van der Waals surface area contributed by atoms with E-state index >= 15 is 0 Å². The molecule has 1 aliphatic rings. The standard InChI is InChI=1S/C19H19F3N4O3S/c1-10-13(3-4-15-17(10)18(23)25-24-15)11-2-5-16(14(20)6-11)30(28,29)26-9-19(21,22)7-12(26)8-27/h2-6,12,27H,7-9H2,1H3,(H3,23,24,25). The zero-order valence-corrected chi connectivity index (χ0v) is 16.7. The number of fused-ring (bicyclic) bond motifs is 1. The minimum Gasteiger partial charge on any atom is -0.395 e. The van der Waals surface area contributed by atoms with Crippen LogP contribution in [0, 0.1) is 12.7 Å². The second kappa shape index (κ2) is 6.96. The number of aromatic nitrogens is 2. The molecule has 0 bridgehead atoms. The Morgan fingerprint density at radius 3 is 2.73 bits per heavy atom. The Morgan fingerprint density at radius 2 is 2.07 bits per heavy atom. The van der Waals surface area contributed by atoms with Crippen molar-refractivity contribution in [3.63, 3.8) is 0 Å². The lowest BCUT2D eigenvalue weighted by molar-refractivity contribution is 0.0161. The molecule has 3 aromatic rings. The van der Waals surface area contributed by atoms with Gasteiger partial charge in [0.15, 0.2) is 5.82 Å². The molecule has 0 radical (unpaired) electrons. The summed E-state index contributed by atoms with van der Waals surface area (Å²) < 4.78 is 68.4. The Morgan fingerprint density at radius 1 is 1.33 bits per heavy atom. The number of aliphatic hydroxyl groups is 1. The van der Waals surface area contributed by atoms with Crippen molar-refractivity contribution in [2.45, 2.75) is 30.2 Å². The minimum atomic E-state index is -4.56. The van der Waals surface area contributed by atoms with Crippen LogP contribution in [-0.4, -0.2) is 53.1 Å². The number of sulfonamides is 1. The first-order valence-corrected chi connectivity index (χ1v) is 10.5. The van der Waals surface area contributed by atoms with Crippen LogP contribution in [0.15, 0.2) is 35.2 Å². The van der Waals surface area contributed by atoms with Gasteiger partial charge in [-0.25, -0.2) is 21.6 Å². The number of halogens is 3. The third-order valence-electron chi connectivity index (χ3n) is 5.39. The third kappa shape index (κ3) is 3.22. The predicted octanol–water partition coefficient (Wildman–Crippen LogP) is 2.65. The van der Waals surface area contributed by atoms with Crippen molar-refractivity contribution in [3.8, 4) is 11.1 Å². The number of nitrogens with two attached hydrogens (primary N) is 1. The van der Waals surface area contributed by atoms with Crippen molar-refractivity contribution in [1.29, 1.82) is 0 Å². The van der Waals surface area contributed by atoms with E-state index in [1.807, 2.05) is 0 Å². The van der Waals surface area contributed by atoms with Crippen molar-refractivity contribution in [2.24, 2.45) is 0 Å². The summed E-state index contributed by atoms with van der Waals surface area (Å²) in [6.45, 7) is -0.0958. The van der Waals surface area contributed by atoms with Gasteiger partial charge in [-0.05, 0) is 41.8 Å². The molecule has 1 aliphatic heterocycles. The maximum Gasteiger partial charge on any atom is 0.263 e. The van der Waals surface area contributed by atoms with Crippen LogP contribution >= 0.6 is 0 Å². The highest BCUT2D eigenvalue weighted by molar-refractivity contribution is 7.89. The van der Waals surface area contributed by atoms with Gasteiger partial charge in [-0.1, -0.05) is 12.1 Å². The van der Waals surface area contributed by atoms with E-state index in [0.717, 1.165) is 17.7 Å². The summed E-state index contributed by atoms with van der Waals surface area (Å²) in [6, 6.07) is 5.63. The molecule has 4 rings (SSSR count). The van der Waals surface area contributed by atoms with Gasteiger partial charge in [0.05, 0.1) is 24.7 Å². The van der Waals surface area contributed by atoms with Crippen molar-refractivity contribution < 1.29 is 26.7 Å². The summed E-state index contributed by atoms with van der Waals surface area (Å²) >= 11 is 0. The summed E-state index contributed by atoms with van der Waals surface area (Å²) in [6.07, 6.45) is -0.812. The fraction of sp³-hybridized carbons (Fsp3) is 0.316. The number of benzene rings is 2. The second-order valence-corrected chi connectivity index (χ2v) is 9.22. The monoisotopic (exact) mass is 440 g/mol. The number of hydrogen-bond acceptors (Lipinski definition) is 5. The molecule has 2 aromatic carbocycles. The zero-order valence-electron chi connectivity index (χ0n) is 15.9. The van der Waals surface area contributed by atoms with E-state index in [1.54, 1.807) is 19.1 Å². The van der Waals surface area contributed by atoms with Gasteiger partial charge in [0.25, 0.3) is 5.92 Å². The van der Waals surface area contributed by atoms with Gasteiger partial charge in [0.2, 0.25) is 10.0 Å². The molecule has 1 fully saturated rings. The molecule has 11 heteroatoms. The number of aryl methyl sites for hydroxylation is 1. The highest BCUT2D eigenvalue weighted by Crippen LogP contribution is 2.37. The van der Waals surface area contributed by atoms with Crippen LogP contribution in [0.4, 0.5) is 19.0 Å². The van der Waals surface area contributed by atoms with Crippen molar-refractivity contribution >= 4 is 26.7 Å². The van der Waals surface area contributed by atoms with Crippen molar-refractivity contribution in [1.82, 2.24) is 14.5 Å². The maximum atomic E-state index is 14.9. The molecule has 2 heterocycles. The molecule has 0 saturated carbocycles. The lowest BCUT2D eigenvalue weighted by Gasteiger charge is -2.22. The number of nitrogens with one attached hydrogen (secondary N) is 1. The molecule has 30 heavy (non-hydrogen) atoms. The first-order valence-electron chi connectivity index (χ1n) is 9.09. The average Bonchev–Trinajstić information content (AvgIpc) is 3.21. The van der Waals surface area contributed by atoms with Gasteiger partial charge >= 0.3 is 0 Å². The van der Waals surface area contributed by atoms with E-state index in [1.165, 1.54) is 6.07 Å². The molecule has 160 valence electrons. The van der Waals surface area contributed by atoms with Gasteiger partial charge in [-0.2, -0.15) is 9.40 Å². The Labute approximate surface area is 170 Å². The highest BCUT2D eigenvalue weighted by Gasteiger charge is 2.50. The lowest BCUT2D eigenvalue weighted by atomic mass is 9.97. The normalized spacial score (nSPS) is 19.6. The molecule has 0 amide bonds. The minimum absolute atomic E-state index is 0.286. The van der Waals surface area contributed by atoms with E-state index in [2.05, 4.69) is 10.2 Å². The number of anilines is 1. The predicted molar refractivity (Wildman–Crippen MR) is 105 cm³/mol. The SMILES string of the molecule is Cc1c(-c2ccc(S(=O)(=O)N3CC(F)(F)CC3CO)c(F)c2)ccc2[nH]nc(N)c12. The van der Waals surface area contributed by atoms with Gasteiger partial charge < -0.3 is 10.8 Å². The molecule has 7 nitrogen and oxygen atoms in total. The van der Waals surface area contributed by atoms with Crippen LogP contribution in [0.1, 0.15) is 12.0 Å². The number of aliphatic hydroxyl groups excluding tert-OH is 1. The van der Waals surface area contributed by atoms with Crippen LogP contribution in [0.5, 0.6) is 0 Å². The summed E-state index contributed by atoms with van der Waals surface area (Å²) in [5.74, 6) is -4.07. The molecule has 4 N–H and O–H groups in total. The van der Waals surface area contributed by atoms with Crippen LogP contribution in [0.3, 0.4) is 0 Å². The summed E-state index contributed by atoms with van der Waals surface area (Å²) in [4.78, 5) is -0.719. The first kappa shape index (κ1) is 20.6. The number of alkyl halides is 2. The van der Waals surface area contributed by atoms with Gasteiger partial charge in [0.1, 0.15) is 10.7 Å². The molecular formula is C19H19F3N4O3S. The summed E-state index contributed by atoms with van der Waals surface area (Å²) in [5, 5.41) is 16.7. The molecular weight excluding hydrogens is 421 g/mol. The fourth-order valence-electron chi connectivity index (χ4n) is 3.93. The summed E-state index contributed by atoms with van der Waals surface area (Å²) in [5.41, 5.74) is 8.33. The number of nitrogen functional groups attached to an aromatic ring is 1. The van der Waals surface area contributed by atoms with Crippen LogP contribution < -0.4 is 5.73 Å². The smallest absolute Gasteiger partial charge is 0.263 e. The molecule has 0 aliphatic carbocycles. The quantitative estimate of drug-likeness (QED) is 0.578. The van der Waals surface area contributed by atoms with Gasteiger partial charge in [-0.15, -0.1) is 0 Å². The third-order valence-corrected chi connectivity index (χ3v) is 7.32. The van der Waals surface area contributed by atoms with Crippen LogP contribution in [0.2, 0.25) is 0 Å². The van der Waals surface area contributed by atoms with Crippen LogP contribution in [-0.2, 0) is 10.0 Å². The molecule has 0 spiro atoms. The first-order chi connectivity index (χ1) is 14.0. The Balaban J connectivity index is 1.76. The molecule has 1 atom stereocenters. The Kier molecular flexibility index (Phi) is 4.79. The summed E-state index contributed by atoms with van der Waals surface area (Å²) in [7, 11) is -4.56. The largest absolute Gasteiger partial charge is 0.395 e. The van der Waals surface area contributed by atoms with Gasteiger partial charge in [-0.3, -0.25) is 5.10 Å². The average molecular weight is 440 g/mol. The number of nitrogens with zero attached hydrogens (tertiary/aromatic N) is 2. The molecule has 1 unspecified atom stereocenters. The highest BCUT2D eigenvalue weighted by atomic mass is 32.2. The lowest BCUT2D eigenvalue weighted by Crippen LogP contribution is -2.38. The van der Waals surface area contributed by atoms with E-state index in [0.29, 0.717) is 26.3 Å². The van der Waals surface area contributed by atoms with Crippen LogP contribution in [0.25, 0.3) is 22.0 Å². The fourth-order valence-corrected chi connectivity index (χ4v) is 5.62. The number of rotatable bonds is 4. The van der Waals surface area contributed by atoms with Gasteiger partial charge in [0, 0.05) is 11.8 Å². The van der Waals surface area contributed by atoms with E-state index in [9.17, 15) is 26.7 Å². The maximum absolute atomic E-state index is 14.9. The van der Waals surface area contributed by atoms with Crippen molar-refractivity contribution in [3.05, 3.63) is 41.7 Å². The number of hydrogen-bond donors (Lipinski definition) is 3. The number of aromatic amines is 1. The second-order valence-electron chi connectivity index (χ2n) is 7.36. The molecule has 1 aromatic heterocycles. The van der Waals surface area contributed by atoms with E-state index < -0.39 is 52.3 Å². The molecule has 1 saturated heterocycles. The Hall–Kier alpha value is -2.63. The van der Waals surface area contributed by atoms with Crippen molar-refractivity contribution in [2.75, 3.05) is 18.9 Å². The topological polar surface area (TPSA) is 112 Å². The number of H-pyrrole nitrogens is 1. The Bertz CT molecular complexity index is 1240. The van der Waals surface area contributed by atoms with E-state index in [-0.39, 0.29) is 5.82 Å².